The highest BCUT2D eigenvalue weighted by molar-refractivity contribution is 5.97. The number of ether oxygens (including phenoxy) is 1. The summed E-state index contributed by atoms with van der Waals surface area (Å²) in [4.78, 5) is 23.3. The smallest absolute Gasteiger partial charge is 0.220 e. The van der Waals surface area contributed by atoms with Crippen LogP contribution in [0.1, 0.15) is 23.2 Å². The zero-order chi connectivity index (χ0) is 14.6. The third-order valence-electron chi connectivity index (χ3n) is 2.78. The van der Waals surface area contributed by atoms with Crippen molar-refractivity contribution in [2.45, 2.75) is 12.8 Å². The first kappa shape index (κ1) is 16.3. The van der Waals surface area contributed by atoms with E-state index in [1.807, 2.05) is 18.2 Å². The van der Waals surface area contributed by atoms with Gasteiger partial charge >= 0.3 is 0 Å². The molecule has 0 saturated carbocycles. The lowest BCUT2D eigenvalue weighted by atomic mass is 10.1. The molecular formula is C15H22N2O3. The molecule has 0 unspecified atom stereocenters. The van der Waals surface area contributed by atoms with E-state index in [0.717, 1.165) is 6.54 Å². The molecule has 0 radical (unpaired) electrons. The number of carbonyl (C=O) groups is 2. The highest BCUT2D eigenvalue weighted by Gasteiger charge is 2.08. The molecular weight excluding hydrogens is 256 g/mol. The molecule has 0 spiro atoms. The fourth-order valence-electron chi connectivity index (χ4n) is 1.67. The Balaban J connectivity index is 2.09. The molecule has 0 bridgehead atoms. The zero-order valence-corrected chi connectivity index (χ0v) is 11.9. The topological polar surface area (TPSA) is 67.4 Å². The number of amides is 1. The maximum atomic E-state index is 11.8. The monoisotopic (exact) mass is 278 g/mol. The third-order valence-corrected chi connectivity index (χ3v) is 2.78. The minimum absolute atomic E-state index is 0.000954. The molecule has 1 aromatic carbocycles. The molecule has 0 saturated heterocycles. The highest BCUT2D eigenvalue weighted by Crippen LogP contribution is 2.04. The molecule has 1 aromatic rings. The first-order valence-corrected chi connectivity index (χ1v) is 6.78. The summed E-state index contributed by atoms with van der Waals surface area (Å²) in [5.74, 6) is -0.0956. The van der Waals surface area contributed by atoms with Crippen molar-refractivity contribution in [2.24, 2.45) is 0 Å². The van der Waals surface area contributed by atoms with Crippen molar-refractivity contribution in [3.8, 4) is 0 Å². The maximum absolute atomic E-state index is 11.8. The van der Waals surface area contributed by atoms with E-state index in [4.69, 9.17) is 4.74 Å². The van der Waals surface area contributed by atoms with Crippen LogP contribution >= 0.6 is 0 Å². The maximum Gasteiger partial charge on any atom is 0.220 e. The van der Waals surface area contributed by atoms with Crippen LogP contribution in [0.25, 0.3) is 0 Å². The molecule has 20 heavy (non-hydrogen) atoms. The lowest BCUT2D eigenvalue weighted by Crippen LogP contribution is -2.33. The van der Waals surface area contributed by atoms with Gasteiger partial charge in [-0.25, -0.2) is 0 Å². The number of methoxy groups -OCH3 is 1. The lowest BCUT2D eigenvalue weighted by Gasteiger charge is -2.06. The van der Waals surface area contributed by atoms with Crippen LogP contribution in [0.5, 0.6) is 0 Å². The summed E-state index contributed by atoms with van der Waals surface area (Å²) in [7, 11) is 1.65. The van der Waals surface area contributed by atoms with Gasteiger partial charge in [0, 0.05) is 45.1 Å². The second kappa shape index (κ2) is 10.1. The number of benzene rings is 1. The molecule has 0 aromatic heterocycles. The van der Waals surface area contributed by atoms with E-state index in [1.54, 1.807) is 19.2 Å². The first-order chi connectivity index (χ1) is 9.74. The molecule has 1 amide bonds. The van der Waals surface area contributed by atoms with Gasteiger partial charge in [-0.3, -0.25) is 9.59 Å². The average molecular weight is 278 g/mol. The number of ketones is 1. The van der Waals surface area contributed by atoms with Gasteiger partial charge in [-0.15, -0.1) is 0 Å². The van der Waals surface area contributed by atoms with Gasteiger partial charge in [-0.1, -0.05) is 30.3 Å². The molecule has 110 valence electrons. The van der Waals surface area contributed by atoms with Gasteiger partial charge in [0.05, 0.1) is 6.61 Å². The van der Waals surface area contributed by atoms with Gasteiger partial charge in [0.15, 0.2) is 5.78 Å². The van der Waals surface area contributed by atoms with Crippen molar-refractivity contribution in [1.29, 1.82) is 0 Å². The Morgan fingerprint density at radius 1 is 1.05 bits per heavy atom. The molecule has 5 nitrogen and oxygen atoms in total. The average Bonchev–Trinajstić information content (AvgIpc) is 2.49. The highest BCUT2D eigenvalue weighted by atomic mass is 16.5. The van der Waals surface area contributed by atoms with Crippen molar-refractivity contribution in [1.82, 2.24) is 10.6 Å². The Morgan fingerprint density at radius 2 is 1.80 bits per heavy atom. The van der Waals surface area contributed by atoms with Gasteiger partial charge in [-0.05, 0) is 0 Å². The van der Waals surface area contributed by atoms with Crippen molar-refractivity contribution < 1.29 is 14.3 Å². The number of hydrogen-bond donors (Lipinski definition) is 2. The molecule has 0 fully saturated rings. The Kier molecular flexibility index (Phi) is 8.26. The van der Waals surface area contributed by atoms with E-state index in [-0.39, 0.29) is 24.5 Å². The summed E-state index contributed by atoms with van der Waals surface area (Å²) in [6, 6.07) is 9.03. The summed E-state index contributed by atoms with van der Waals surface area (Å²) < 4.78 is 4.89. The standard InChI is InChI=1S/C15H22N2O3/c1-20-12-11-16-9-10-17-15(19)8-7-14(18)13-5-3-2-4-6-13/h2-6,16H,7-12H2,1H3,(H,17,19). The van der Waals surface area contributed by atoms with Crippen LogP contribution < -0.4 is 10.6 Å². The van der Waals surface area contributed by atoms with Gasteiger partial charge < -0.3 is 15.4 Å². The van der Waals surface area contributed by atoms with Gasteiger partial charge in [0.2, 0.25) is 5.91 Å². The van der Waals surface area contributed by atoms with Gasteiger partial charge in [-0.2, -0.15) is 0 Å². The number of Topliss-reactive ketones (excluding diaryl/α,β-unsaturated/α-hetero) is 1. The Bertz CT molecular complexity index is 407. The lowest BCUT2D eigenvalue weighted by molar-refractivity contribution is -0.121. The van der Waals surface area contributed by atoms with E-state index >= 15 is 0 Å². The zero-order valence-electron chi connectivity index (χ0n) is 11.9. The van der Waals surface area contributed by atoms with E-state index in [9.17, 15) is 9.59 Å². The summed E-state index contributed by atoms with van der Waals surface area (Å²) >= 11 is 0. The summed E-state index contributed by atoms with van der Waals surface area (Å²) in [5, 5.41) is 5.90. The third kappa shape index (κ3) is 7.01. The molecule has 0 heterocycles. The number of nitrogens with one attached hydrogen (secondary N) is 2. The fourth-order valence-corrected chi connectivity index (χ4v) is 1.67. The number of rotatable bonds is 10. The predicted molar refractivity (Wildman–Crippen MR) is 77.8 cm³/mol. The second-order valence-electron chi connectivity index (χ2n) is 4.38. The van der Waals surface area contributed by atoms with Gasteiger partial charge in [0.25, 0.3) is 0 Å². The Morgan fingerprint density at radius 3 is 2.50 bits per heavy atom. The van der Waals surface area contributed by atoms with Crippen molar-refractivity contribution >= 4 is 11.7 Å². The second-order valence-corrected chi connectivity index (χ2v) is 4.38. The largest absolute Gasteiger partial charge is 0.383 e. The molecule has 2 N–H and O–H groups in total. The minimum atomic E-state index is -0.0946. The van der Waals surface area contributed by atoms with Crippen LogP contribution in [0.3, 0.4) is 0 Å². The van der Waals surface area contributed by atoms with Crippen LogP contribution in [-0.2, 0) is 9.53 Å². The van der Waals surface area contributed by atoms with Crippen molar-refractivity contribution in [2.75, 3.05) is 33.4 Å². The predicted octanol–water partition coefficient (Wildman–Crippen LogP) is 1.00. The molecule has 0 aliphatic carbocycles. The van der Waals surface area contributed by atoms with Gasteiger partial charge in [0.1, 0.15) is 0 Å². The minimum Gasteiger partial charge on any atom is -0.383 e. The first-order valence-electron chi connectivity index (χ1n) is 6.78. The summed E-state index contributed by atoms with van der Waals surface area (Å²) in [5.41, 5.74) is 0.654. The SMILES string of the molecule is COCCNCCNC(=O)CCC(=O)c1ccccc1. The molecule has 1 rings (SSSR count). The number of hydrogen-bond acceptors (Lipinski definition) is 4. The van der Waals surface area contributed by atoms with Crippen LogP contribution in [0.2, 0.25) is 0 Å². The Labute approximate surface area is 119 Å². The van der Waals surface area contributed by atoms with E-state index in [0.29, 0.717) is 25.3 Å². The Hall–Kier alpha value is -1.72. The van der Waals surface area contributed by atoms with E-state index < -0.39 is 0 Å². The molecule has 5 heteroatoms. The fraction of sp³-hybridized carbons (Fsp3) is 0.467. The van der Waals surface area contributed by atoms with Crippen molar-refractivity contribution in [3.63, 3.8) is 0 Å². The quantitative estimate of drug-likeness (QED) is 0.495. The van der Waals surface area contributed by atoms with Crippen molar-refractivity contribution in [3.05, 3.63) is 35.9 Å². The molecule has 0 aliphatic heterocycles. The van der Waals surface area contributed by atoms with Crippen LogP contribution in [0.15, 0.2) is 30.3 Å². The number of carbonyl (C=O) groups excluding carboxylic acids is 2. The van der Waals surface area contributed by atoms with Crippen LogP contribution in [0, 0.1) is 0 Å². The van der Waals surface area contributed by atoms with E-state index in [2.05, 4.69) is 10.6 Å². The summed E-state index contributed by atoms with van der Waals surface area (Å²) in [6.07, 6.45) is 0.471. The summed E-state index contributed by atoms with van der Waals surface area (Å²) in [6.45, 7) is 2.67. The molecule has 0 atom stereocenters. The van der Waals surface area contributed by atoms with E-state index in [1.165, 1.54) is 0 Å². The van der Waals surface area contributed by atoms with Crippen LogP contribution in [-0.4, -0.2) is 45.0 Å². The van der Waals surface area contributed by atoms with Crippen LogP contribution in [0.4, 0.5) is 0 Å². The molecule has 0 aliphatic rings. The normalized spacial score (nSPS) is 10.2.